The molecule has 0 radical (unpaired) electrons. The Hall–Kier alpha value is -3.58. The summed E-state index contributed by atoms with van der Waals surface area (Å²) in [7, 11) is 1.56. The van der Waals surface area contributed by atoms with Crippen molar-refractivity contribution in [2.75, 3.05) is 12.4 Å². The van der Waals surface area contributed by atoms with Gasteiger partial charge >= 0.3 is 0 Å². The highest BCUT2D eigenvalue weighted by molar-refractivity contribution is 6.30. The summed E-state index contributed by atoms with van der Waals surface area (Å²) >= 11 is 6.25. The zero-order valence-electron chi connectivity index (χ0n) is 21.8. The van der Waals surface area contributed by atoms with E-state index in [0.29, 0.717) is 34.4 Å². The van der Waals surface area contributed by atoms with E-state index < -0.39 is 6.04 Å². The number of pyridine rings is 1. The maximum atomic E-state index is 13.0. The zero-order valence-corrected chi connectivity index (χ0v) is 22.5. The van der Waals surface area contributed by atoms with Gasteiger partial charge in [-0.3, -0.25) is 19.0 Å². The van der Waals surface area contributed by atoms with Crippen molar-refractivity contribution in [1.82, 2.24) is 4.57 Å². The summed E-state index contributed by atoms with van der Waals surface area (Å²) in [4.78, 5) is 35.2. The lowest BCUT2D eigenvalue weighted by Gasteiger charge is -2.19. The summed E-state index contributed by atoms with van der Waals surface area (Å²) in [6, 6.07) is 15.8. The fourth-order valence-corrected chi connectivity index (χ4v) is 3.93. The average Bonchev–Trinajstić information content (AvgIpc) is 3.69. The van der Waals surface area contributed by atoms with Crippen LogP contribution in [0.5, 0.6) is 5.75 Å². The number of amides is 1. The van der Waals surface area contributed by atoms with Crippen molar-refractivity contribution in [2.24, 2.45) is 0 Å². The third-order valence-corrected chi connectivity index (χ3v) is 6.06. The van der Waals surface area contributed by atoms with Gasteiger partial charge in [0.1, 0.15) is 17.4 Å². The Balaban J connectivity index is 0.000000479. The zero-order chi connectivity index (χ0) is 27.2. The summed E-state index contributed by atoms with van der Waals surface area (Å²) in [6.45, 7) is 7.61. The molecule has 1 heterocycles. The first kappa shape index (κ1) is 28.0. The minimum atomic E-state index is -0.706. The number of hydrogen-bond donors (Lipinski definition) is 1. The monoisotopic (exact) mass is 524 g/mol. The molecule has 196 valence electrons. The predicted octanol–water partition coefficient (Wildman–Crippen LogP) is 6.21. The minimum absolute atomic E-state index is 0.275. The first-order valence-electron chi connectivity index (χ1n) is 12.1. The molecule has 0 aliphatic heterocycles. The van der Waals surface area contributed by atoms with Gasteiger partial charge in [-0.2, -0.15) is 0 Å². The van der Waals surface area contributed by atoms with Crippen LogP contribution in [0, 0.1) is 0 Å². The number of anilines is 1. The minimum Gasteiger partial charge on any atom is -0.495 e. The topological polar surface area (TPSA) is 86.6 Å². The van der Waals surface area contributed by atoms with Gasteiger partial charge in [-0.1, -0.05) is 35.9 Å². The maximum absolute atomic E-state index is 13.0. The Bertz CT molecular complexity index is 1290. The van der Waals surface area contributed by atoms with E-state index in [9.17, 15) is 14.4 Å². The SMILES string of the molecule is CC(C)(C)OC=O.COc1cn(C(C)C(=O)Nc2ccccc2)c(=O)cc1-c1cc(Cl)ccc1C1CC1. The third-order valence-electron chi connectivity index (χ3n) is 5.83. The van der Waals surface area contributed by atoms with Crippen LogP contribution in [-0.4, -0.2) is 29.7 Å². The van der Waals surface area contributed by atoms with Gasteiger partial charge in [0.25, 0.3) is 12.0 Å². The van der Waals surface area contributed by atoms with E-state index in [1.807, 2.05) is 57.2 Å². The van der Waals surface area contributed by atoms with E-state index in [0.717, 1.165) is 18.4 Å². The number of carbonyl (C=O) groups is 2. The van der Waals surface area contributed by atoms with Crippen molar-refractivity contribution < 1.29 is 19.1 Å². The van der Waals surface area contributed by atoms with E-state index in [4.69, 9.17) is 16.3 Å². The van der Waals surface area contributed by atoms with Crippen LogP contribution in [0.15, 0.2) is 65.6 Å². The normalized spacial score (nSPS) is 13.6. The number of hydrogen-bond acceptors (Lipinski definition) is 5. The summed E-state index contributed by atoms with van der Waals surface area (Å²) in [6.07, 6.45) is 3.86. The highest BCUT2D eigenvalue weighted by atomic mass is 35.5. The van der Waals surface area contributed by atoms with Crippen LogP contribution in [-0.2, 0) is 14.3 Å². The number of carbonyl (C=O) groups excluding carboxylic acids is 2. The van der Waals surface area contributed by atoms with Crippen molar-refractivity contribution in [3.05, 3.63) is 81.7 Å². The van der Waals surface area contributed by atoms with Crippen LogP contribution >= 0.6 is 11.6 Å². The van der Waals surface area contributed by atoms with Crippen molar-refractivity contribution in [2.45, 2.75) is 58.1 Å². The summed E-state index contributed by atoms with van der Waals surface area (Å²) in [5, 5.41) is 3.44. The predicted molar refractivity (Wildman–Crippen MR) is 146 cm³/mol. The molecule has 0 saturated heterocycles. The Kier molecular flexibility index (Phi) is 9.16. The van der Waals surface area contributed by atoms with Gasteiger partial charge in [0.2, 0.25) is 5.91 Å². The molecule has 1 aliphatic carbocycles. The molecular formula is C29H33ClN2O5. The first-order valence-corrected chi connectivity index (χ1v) is 12.5. The molecule has 4 rings (SSSR count). The van der Waals surface area contributed by atoms with Crippen LogP contribution in [0.2, 0.25) is 5.02 Å². The standard InChI is InChI=1S/C24H23ClN2O3.C5H10O2/c1-15(24(29)26-18-6-4-3-5-7-18)27-14-22(30-2)21(13-23(27)28)20-12-17(25)10-11-19(20)16-8-9-16;1-5(2,3)7-4-6/h3-7,10-16H,8-9H2,1-2H3,(H,26,29);4H,1-3H3. The third kappa shape index (κ3) is 7.70. The second-order valence-electron chi connectivity index (χ2n) is 9.86. The molecule has 1 fully saturated rings. The second kappa shape index (κ2) is 12.1. The Morgan fingerprint density at radius 3 is 2.32 bits per heavy atom. The molecule has 1 amide bonds. The van der Waals surface area contributed by atoms with E-state index in [1.165, 1.54) is 16.2 Å². The summed E-state index contributed by atoms with van der Waals surface area (Å²) in [5.41, 5.74) is 2.86. The number of aromatic nitrogens is 1. The number of para-hydroxylation sites is 1. The number of ether oxygens (including phenoxy) is 2. The molecule has 8 heteroatoms. The highest BCUT2D eigenvalue weighted by Crippen LogP contribution is 2.46. The van der Waals surface area contributed by atoms with Crippen molar-refractivity contribution in [3.63, 3.8) is 0 Å². The van der Waals surface area contributed by atoms with E-state index in [2.05, 4.69) is 10.1 Å². The molecule has 1 unspecified atom stereocenters. The fraction of sp³-hybridized carbons (Fsp3) is 0.345. The van der Waals surface area contributed by atoms with Crippen LogP contribution in [0.4, 0.5) is 5.69 Å². The Morgan fingerprint density at radius 1 is 1.11 bits per heavy atom. The van der Waals surface area contributed by atoms with Crippen LogP contribution < -0.4 is 15.6 Å². The van der Waals surface area contributed by atoms with Gasteiger partial charge in [0, 0.05) is 22.3 Å². The van der Waals surface area contributed by atoms with Crippen molar-refractivity contribution in [1.29, 1.82) is 0 Å². The molecule has 37 heavy (non-hydrogen) atoms. The number of methoxy groups -OCH3 is 1. The van der Waals surface area contributed by atoms with Crippen molar-refractivity contribution in [3.8, 4) is 16.9 Å². The van der Waals surface area contributed by atoms with Gasteiger partial charge in [-0.15, -0.1) is 0 Å². The number of halogens is 1. The second-order valence-corrected chi connectivity index (χ2v) is 10.3. The molecule has 1 aromatic heterocycles. The molecule has 1 saturated carbocycles. The molecular weight excluding hydrogens is 492 g/mol. The molecule has 3 aromatic rings. The van der Waals surface area contributed by atoms with Gasteiger partial charge in [0.15, 0.2) is 0 Å². The van der Waals surface area contributed by atoms with E-state index in [1.54, 1.807) is 32.4 Å². The largest absolute Gasteiger partial charge is 0.495 e. The summed E-state index contributed by atoms with van der Waals surface area (Å²) in [5.74, 6) is 0.734. The molecule has 7 nitrogen and oxygen atoms in total. The van der Waals surface area contributed by atoms with E-state index in [-0.39, 0.29) is 17.1 Å². The maximum Gasteiger partial charge on any atom is 0.293 e. The van der Waals surface area contributed by atoms with Crippen LogP contribution in [0.3, 0.4) is 0 Å². The lowest BCUT2D eigenvalue weighted by molar-refractivity contribution is -0.138. The van der Waals surface area contributed by atoms with Gasteiger partial charge in [-0.05, 0) is 81.8 Å². The van der Waals surface area contributed by atoms with Gasteiger partial charge < -0.3 is 14.8 Å². The first-order chi connectivity index (χ1) is 17.5. The highest BCUT2D eigenvalue weighted by Gasteiger charge is 2.28. The molecule has 0 spiro atoms. The Morgan fingerprint density at radius 2 is 1.78 bits per heavy atom. The molecule has 2 aromatic carbocycles. The van der Waals surface area contributed by atoms with Crippen LogP contribution in [0.25, 0.3) is 11.1 Å². The number of benzene rings is 2. The van der Waals surface area contributed by atoms with Gasteiger partial charge in [0.05, 0.1) is 13.3 Å². The van der Waals surface area contributed by atoms with Gasteiger partial charge in [-0.25, -0.2) is 0 Å². The molecule has 1 atom stereocenters. The van der Waals surface area contributed by atoms with Crippen LogP contribution in [0.1, 0.15) is 58.1 Å². The van der Waals surface area contributed by atoms with Crippen molar-refractivity contribution >= 4 is 29.7 Å². The quantitative estimate of drug-likeness (QED) is 0.371. The number of rotatable bonds is 7. The van der Waals surface area contributed by atoms with E-state index >= 15 is 0 Å². The molecule has 1 N–H and O–H groups in total. The Labute approximate surface area is 222 Å². The smallest absolute Gasteiger partial charge is 0.293 e. The summed E-state index contributed by atoms with van der Waals surface area (Å²) < 4.78 is 11.5. The molecule has 0 bridgehead atoms. The lowest BCUT2D eigenvalue weighted by atomic mass is 9.96. The molecule has 1 aliphatic rings. The average molecular weight is 525 g/mol. The number of nitrogens with one attached hydrogen (secondary N) is 1. The lowest BCUT2D eigenvalue weighted by Crippen LogP contribution is -2.31. The number of nitrogens with zero attached hydrogens (tertiary/aromatic N) is 1. The fourth-order valence-electron chi connectivity index (χ4n) is 3.76.